The molecule has 4 aromatic carbocycles. The lowest BCUT2D eigenvalue weighted by Crippen LogP contribution is -2.36. The van der Waals surface area contributed by atoms with Gasteiger partial charge in [-0.05, 0) is 167 Å². The van der Waals surface area contributed by atoms with Crippen LogP contribution in [0.25, 0.3) is 0 Å². The Morgan fingerprint density at radius 2 is 0.553 bits per heavy atom. The van der Waals surface area contributed by atoms with Gasteiger partial charge in [-0.15, -0.1) is 49.6 Å². The van der Waals surface area contributed by atoms with Gasteiger partial charge in [0.05, 0.1) is 80.8 Å². The Morgan fingerprint density at radius 1 is 0.333 bits per heavy atom. The molecule has 2 aromatic heterocycles. The zero-order chi connectivity index (χ0) is 107. The number of nitrogens with two attached hydrogens (primary N) is 8. The summed E-state index contributed by atoms with van der Waals surface area (Å²) < 4.78 is 209. The van der Waals surface area contributed by atoms with Crippen molar-refractivity contribution in [1.82, 2.24) is 40.4 Å². The fraction of sp³-hybridized carbons (Fsp3) is 0.489. The van der Waals surface area contributed by atoms with Crippen molar-refractivity contribution < 1.29 is 129 Å². The number of carbonyl (C=O) groups is 10. The number of anilines is 8. The van der Waals surface area contributed by atoms with Crippen LogP contribution < -0.4 is 118 Å². The minimum atomic E-state index is -5.07. The Bertz CT molecular complexity index is 5460. The molecule has 4 fully saturated rings. The molecule has 0 saturated carbocycles. The van der Waals surface area contributed by atoms with Crippen molar-refractivity contribution in [2.24, 2.45) is 65.8 Å². The van der Waals surface area contributed by atoms with E-state index < -0.39 is 222 Å². The van der Waals surface area contributed by atoms with E-state index in [0.717, 1.165) is 24.8 Å². The molecule has 4 aliphatic rings. The molecule has 0 radical (unpaired) electrons. The van der Waals surface area contributed by atoms with E-state index >= 15 is 0 Å². The minimum absolute atomic E-state index is 0. The number of rotatable bonds is 40. The molecule has 0 spiro atoms. The number of alkyl halides is 12. The van der Waals surface area contributed by atoms with Gasteiger partial charge in [0.15, 0.2) is 46.8 Å². The SMILES string of the molecule is CC(C)(C)OC(=O)N1CC[C@@H](Oc2c(NC(=O)CCCCN=C(N)N)cc(C(F)(F)F)cc2NC(=O)c2cc(C(=O)Nc3cc(C(F)(F)F)cc(NC(=O)CCCCN=C(N)N)c3O[C@@H]3CCN(C(=O)OC(C)(C)C)C3)ncn2)C1.Cl.Cl.Cl.Cl.NC(N)=NCCCCC(=O)Nc1cc(C(F)(F)F)cc(NC(=O)c2cc(C(=O)Nc3cc(C(F)(F)F)cc(NC(=O)CCCCN=C(N)N)c3O[C@@H]3CCNC3)ncn2)c1O[C@@H]1CCNC1. The molecular weight excluding hydrogens is 2100 g/mol. The number of nitrogens with one attached hydrogen (secondary N) is 10. The van der Waals surface area contributed by atoms with E-state index in [-0.39, 0.29) is 202 Å². The highest BCUT2D eigenvalue weighted by molar-refractivity contribution is 6.11. The first-order chi connectivity index (χ1) is 68.5. The third-order valence-electron chi connectivity index (χ3n) is 21.2. The molecule has 44 nitrogen and oxygen atoms in total. The van der Waals surface area contributed by atoms with Crippen LogP contribution in [0.3, 0.4) is 0 Å². The number of carbonyl (C=O) groups excluding carboxylic acids is 10. The second-order valence-electron chi connectivity index (χ2n) is 35.6. The normalized spacial score (nSPS) is 15.3. The Balaban J connectivity index is 0.000000522. The van der Waals surface area contributed by atoms with Crippen LogP contribution in [-0.2, 0) is 53.4 Å². The summed E-state index contributed by atoms with van der Waals surface area (Å²) in [6, 6.07) is 6.44. The third-order valence-corrected chi connectivity index (χ3v) is 21.2. The Morgan fingerprint density at radius 3 is 0.753 bits per heavy atom. The number of aromatic nitrogens is 4. The number of amides is 10. The van der Waals surface area contributed by atoms with Gasteiger partial charge in [0.2, 0.25) is 23.6 Å². The summed E-state index contributed by atoms with van der Waals surface area (Å²) in [4.78, 5) is 168. The smallest absolute Gasteiger partial charge is 0.416 e. The maximum absolute atomic E-state index is 14.6. The van der Waals surface area contributed by atoms with Crippen LogP contribution in [0.4, 0.5) is 108 Å². The number of guanidine groups is 4. The van der Waals surface area contributed by atoms with Gasteiger partial charge < -0.3 is 137 Å². The van der Waals surface area contributed by atoms with Gasteiger partial charge in [0.25, 0.3) is 23.6 Å². The number of halogens is 16. The molecular formula is C90H120Cl4F12N28O16. The molecule has 10 rings (SSSR count). The van der Waals surface area contributed by atoms with Crippen LogP contribution in [0.1, 0.15) is 208 Å². The minimum Gasteiger partial charge on any atom is -0.485 e. The van der Waals surface area contributed by atoms with Crippen molar-refractivity contribution in [3.05, 3.63) is 118 Å². The lowest BCUT2D eigenvalue weighted by atomic mass is 10.1. The summed E-state index contributed by atoms with van der Waals surface area (Å²) in [7, 11) is 0. The van der Waals surface area contributed by atoms with Crippen molar-refractivity contribution in [2.75, 3.05) is 121 Å². The number of benzene rings is 4. The van der Waals surface area contributed by atoms with Crippen LogP contribution in [0.2, 0.25) is 0 Å². The summed E-state index contributed by atoms with van der Waals surface area (Å²) >= 11 is 0. The molecule has 0 aliphatic carbocycles. The molecule has 4 aliphatic heterocycles. The zero-order valence-corrected chi connectivity index (χ0v) is 85.1. The van der Waals surface area contributed by atoms with Crippen LogP contribution in [0.5, 0.6) is 23.0 Å². The maximum atomic E-state index is 14.6. The predicted octanol–water partition coefficient (Wildman–Crippen LogP) is 11.5. The predicted molar refractivity (Wildman–Crippen MR) is 541 cm³/mol. The molecule has 828 valence electrons. The Kier molecular flexibility index (Phi) is 48.0. The van der Waals surface area contributed by atoms with Crippen molar-refractivity contribution in [3.63, 3.8) is 0 Å². The van der Waals surface area contributed by atoms with Crippen LogP contribution in [0.15, 0.2) is 93.3 Å². The van der Waals surface area contributed by atoms with Gasteiger partial charge in [-0.25, -0.2) is 29.5 Å². The molecule has 6 heterocycles. The van der Waals surface area contributed by atoms with Gasteiger partial charge in [-0.1, -0.05) is 0 Å². The van der Waals surface area contributed by atoms with E-state index in [1.54, 1.807) is 41.5 Å². The van der Waals surface area contributed by atoms with Gasteiger partial charge in [0, 0.05) is 103 Å². The van der Waals surface area contributed by atoms with Crippen molar-refractivity contribution >= 4 is 178 Å². The number of hydrogen-bond acceptors (Lipinski definition) is 26. The van der Waals surface area contributed by atoms with Gasteiger partial charge in [0.1, 0.15) is 71.0 Å². The van der Waals surface area contributed by atoms with Crippen molar-refractivity contribution in [1.29, 1.82) is 0 Å². The first-order valence-corrected chi connectivity index (χ1v) is 45.9. The largest absolute Gasteiger partial charge is 0.485 e. The number of nitrogens with zero attached hydrogens (tertiary/aromatic N) is 10. The van der Waals surface area contributed by atoms with E-state index in [2.05, 4.69) is 93.1 Å². The summed E-state index contributed by atoms with van der Waals surface area (Å²) in [5.74, 6) is -9.82. The Hall–Kier alpha value is -14.1. The summed E-state index contributed by atoms with van der Waals surface area (Å²) in [5, 5.41) is 25.1. The molecule has 4 saturated heterocycles. The third kappa shape index (κ3) is 41.1. The van der Waals surface area contributed by atoms with E-state index in [9.17, 15) is 101 Å². The lowest BCUT2D eigenvalue weighted by Gasteiger charge is -2.25. The second-order valence-corrected chi connectivity index (χ2v) is 35.6. The highest BCUT2D eigenvalue weighted by Crippen LogP contribution is 2.48. The molecule has 10 amide bonds. The monoisotopic (exact) mass is 2220 g/mol. The molecule has 0 unspecified atom stereocenters. The molecule has 60 heteroatoms. The maximum Gasteiger partial charge on any atom is 0.416 e. The highest BCUT2D eigenvalue weighted by Gasteiger charge is 2.42. The van der Waals surface area contributed by atoms with E-state index in [1.165, 1.54) is 9.80 Å². The molecule has 150 heavy (non-hydrogen) atoms. The topological polar surface area (TPSA) is 662 Å². The summed E-state index contributed by atoms with van der Waals surface area (Å²) in [5.41, 5.74) is 29.2. The van der Waals surface area contributed by atoms with Crippen LogP contribution >= 0.6 is 49.6 Å². The van der Waals surface area contributed by atoms with Crippen LogP contribution in [0, 0.1) is 0 Å². The number of hydrogen-bond donors (Lipinski definition) is 18. The number of aliphatic imine (C=N–C) groups is 4. The average Bonchev–Trinajstić information content (AvgIpc) is 1.22. The first kappa shape index (κ1) is 126. The van der Waals surface area contributed by atoms with Crippen molar-refractivity contribution in [3.8, 4) is 23.0 Å². The van der Waals surface area contributed by atoms with Gasteiger partial charge in [-0.3, -0.25) is 58.3 Å². The average molecular weight is 2220 g/mol. The Labute approximate surface area is 876 Å². The van der Waals surface area contributed by atoms with Crippen molar-refractivity contribution in [2.45, 2.75) is 205 Å². The molecule has 0 bridgehead atoms. The van der Waals surface area contributed by atoms with Gasteiger partial charge >= 0.3 is 36.9 Å². The number of likely N-dealkylation sites (tertiary alicyclic amines) is 2. The van der Waals surface area contributed by atoms with E-state index in [1.807, 2.05) is 0 Å². The van der Waals surface area contributed by atoms with E-state index in [4.69, 9.17) is 74.3 Å². The van der Waals surface area contributed by atoms with Gasteiger partial charge in [-0.2, -0.15) is 52.7 Å². The quantitative estimate of drug-likeness (QED) is 0.00735. The summed E-state index contributed by atoms with van der Waals surface area (Å²) in [6.45, 7) is 12.3. The van der Waals surface area contributed by atoms with E-state index in [0.29, 0.717) is 113 Å². The zero-order valence-electron chi connectivity index (χ0n) is 81.8. The molecule has 4 atom stereocenters. The number of unbranched alkanes of at least 4 members (excludes halogenated alkanes) is 4. The highest BCUT2D eigenvalue weighted by atomic mass is 35.5. The molecule has 6 aromatic rings. The molecule has 26 N–H and O–H groups in total. The lowest BCUT2D eigenvalue weighted by molar-refractivity contribution is -0.138. The second kappa shape index (κ2) is 57.0. The number of ether oxygens (including phenoxy) is 6. The fourth-order valence-electron chi connectivity index (χ4n) is 14.4. The fourth-order valence-corrected chi connectivity index (χ4v) is 14.4. The van der Waals surface area contributed by atoms with Crippen LogP contribution in [-0.4, -0.2) is 227 Å². The first-order valence-electron chi connectivity index (χ1n) is 45.9. The standard InChI is InChI=1S/C50H66F6N14O10.C40H50F6N14O6.4ClH/c1-47(2,3)79-45(75)69-17-13-29(24-69)77-39-31(65-37(71)11-7-9-15-61-43(57)58)19-27(49(51,52)53)21-33(39)67-41(73)35-23-36(64-26-63-35)42(74)68-34-22-28(50(54,55)56)20-32(66-38(72)12-8-10-16-62-44(59)60)40(34)78-30-14-18-70(25-30)46(76)80-48(4,5)6;41-39(42,43)21-13-25(57-31(61)5-1-3-9-53-37(47)48)33(65-23-7-11-51-18-23)27(15-21)59-35(63)29-17-30(56-20-55-29)36(64)60-28-16-22(40(44,45)46)14-26(34(28)66-24-8-12-52-19-24)58-32(62)6-2-4-10-54-38(49)50;;;;/h19-23,26,29-30H,7-18,24-25H2,1-6H3,(H,65,71)(H,66,72)(H,67,73)(H,68,74)(H4,57,58,61)(H4,59,60,62);13-17,20,23-24,51-52H,1-12,18-19H2,(H,57,61)(H,58,62)(H,59,63)(H,60,64)(H4,47,48,53)(H4,49,50,54);4*1H/t29-,30-;23-,24-;;;;/m11..../s1. The summed E-state index contributed by atoms with van der Waals surface area (Å²) in [6.07, 6.45) is -20.1.